The van der Waals surface area contributed by atoms with Crippen molar-refractivity contribution in [2.75, 3.05) is 27.2 Å². The summed E-state index contributed by atoms with van der Waals surface area (Å²) in [5.74, 6) is 0. The number of hydrogen-bond donors (Lipinski definition) is 0. The van der Waals surface area contributed by atoms with Gasteiger partial charge >= 0.3 is 17.1 Å². The van der Waals surface area contributed by atoms with Gasteiger partial charge in [-0.05, 0) is 25.2 Å². The molecule has 0 saturated heterocycles. The standard InChI is InChI=1S/C18H24N2.Cu/c1-19(15-17-9-5-3-6-10-17)13-14-20(2)16-18-11-7-4-8-12-18;/h3-12H,13-16H2,1-2H3;/q;+2. The molecule has 2 nitrogen and oxygen atoms in total. The van der Waals surface area contributed by atoms with E-state index in [2.05, 4.69) is 84.6 Å². The third-order valence-electron chi connectivity index (χ3n) is 3.45. The van der Waals surface area contributed by atoms with E-state index in [1.807, 2.05) is 0 Å². The Bertz CT molecular complexity index is 440. The maximum atomic E-state index is 2.37. The van der Waals surface area contributed by atoms with Crippen LogP contribution in [0.3, 0.4) is 0 Å². The molecule has 0 heterocycles. The quantitative estimate of drug-likeness (QED) is 0.719. The number of hydrogen-bond acceptors (Lipinski definition) is 2. The molecule has 2 rings (SSSR count). The van der Waals surface area contributed by atoms with Crippen molar-refractivity contribution in [2.24, 2.45) is 0 Å². The molecular formula is C18H24CuN2+2. The Morgan fingerprint density at radius 2 is 0.952 bits per heavy atom. The summed E-state index contributed by atoms with van der Waals surface area (Å²) >= 11 is 0. The third kappa shape index (κ3) is 6.92. The summed E-state index contributed by atoms with van der Waals surface area (Å²) in [6.45, 7) is 4.19. The Morgan fingerprint density at radius 3 is 1.29 bits per heavy atom. The van der Waals surface area contributed by atoms with E-state index in [0.717, 1.165) is 26.2 Å². The third-order valence-corrected chi connectivity index (χ3v) is 3.45. The molecule has 0 aliphatic rings. The molecular weight excluding hydrogens is 308 g/mol. The van der Waals surface area contributed by atoms with Crippen molar-refractivity contribution in [2.45, 2.75) is 13.1 Å². The molecule has 3 heteroatoms. The van der Waals surface area contributed by atoms with Crippen LogP contribution in [0.5, 0.6) is 0 Å². The van der Waals surface area contributed by atoms with Crippen molar-refractivity contribution in [1.82, 2.24) is 9.80 Å². The fourth-order valence-corrected chi connectivity index (χ4v) is 2.29. The van der Waals surface area contributed by atoms with Crippen molar-refractivity contribution in [3.8, 4) is 0 Å². The van der Waals surface area contributed by atoms with Crippen LogP contribution in [0.2, 0.25) is 0 Å². The summed E-state index contributed by atoms with van der Waals surface area (Å²) in [4.78, 5) is 4.74. The van der Waals surface area contributed by atoms with Gasteiger partial charge in [0.1, 0.15) is 0 Å². The summed E-state index contributed by atoms with van der Waals surface area (Å²) < 4.78 is 0. The second kappa shape index (κ2) is 9.75. The van der Waals surface area contributed by atoms with Gasteiger partial charge in [0, 0.05) is 26.2 Å². The number of likely N-dealkylation sites (N-methyl/N-ethyl adjacent to an activating group) is 2. The zero-order valence-electron chi connectivity index (χ0n) is 12.8. The molecule has 2 aromatic rings. The monoisotopic (exact) mass is 331 g/mol. The van der Waals surface area contributed by atoms with E-state index < -0.39 is 0 Å². The fraction of sp³-hybridized carbons (Fsp3) is 0.333. The summed E-state index contributed by atoms with van der Waals surface area (Å²) in [7, 11) is 4.37. The first-order valence-corrected chi connectivity index (χ1v) is 7.19. The average Bonchev–Trinajstić information content (AvgIpc) is 2.47. The normalized spacial score (nSPS) is 10.7. The molecule has 0 atom stereocenters. The second-order valence-corrected chi connectivity index (χ2v) is 5.45. The van der Waals surface area contributed by atoms with Gasteiger partial charge in [-0.1, -0.05) is 60.7 Å². The molecule has 0 fully saturated rings. The van der Waals surface area contributed by atoms with Gasteiger partial charge in [-0.15, -0.1) is 0 Å². The van der Waals surface area contributed by atoms with Crippen LogP contribution in [0, 0.1) is 0 Å². The van der Waals surface area contributed by atoms with Crippen molar-refractivity contribution in [3.63, 3.8) is 0 Å². The van der Waals surface area contributed by atoms with Crippen LogP contribution in [0.15, 0.2) is 60.7 Å². The zero-order chi connectivity index (χ0) is 14.2. The molecule has 0 spiro atoms. The maximum absolute atomic E-state index is 2.37. The van der Waals surface area contributed by atoms with Crippen LogP contribution in [-0.4, -0.2) is 37.0 Å². The van der Waals surface area contributed by atoms with Gasteiger partial charge in [0.25, 0.3) is 0 Å². The van der Waals surface area contributed by atoms with E-state index >= 15 is 0 Å². The summed E-state index contributed by atoms with van der Waals surface area (Å²) in [6.07, 6.45) is 0. The van der Waals surface area contributed by atoms with Crippen molar-refractivity contribution in [3.05, 3.63) is 71.8 Å². The molecule has 0 aliphatic heterocycles. The van der Waals surface area contributed by atoms with Gasteiger partial charge < -0.3 is 9.80 Å². The van der Waals surface area contributed by atoms with E-state index in [1.54, 1.807) is 0 Å². The SMILES string of the molecule is CN(CCN(C)Cc1ccccc1)Cc1ccccc1.[Cu+2]. The molecule has 0 amide bonds. The Kier molecular flexibility index (Phi) is 8.32. The Hall–Kier alpha value is -1.12. The molecule has 0 N–H and O–H groups in total. The average molecular weight is 332 g/mol. The van der Waals surface area contributed by atoms with Gasteiger partial charge in [0.05, 0.1) is 0 Å². The Morgan fingerprint density at radius 1 is 0.619 bits per heavy atom. The molecule has 2 aromatic carbocycles. The zero-order valence-corrected chi connectivity index (χ0v) is 13.7. The smallest absolute Gasteiger partial charge is 0.301 e. The first-order chi connectivity index (χ1) is 9.74. The molecule has 115 valence electrons. The van der Waals surface area contributed by atoms with Crippen LogP contribution in [0.1, 0.15) is 11.1 Å². The molecule has 0 bridgehead atoms. The largest absolute Gasteiger partial charge is 2.00 e. The van der Waals surface area contributed by atoms with Gasteiger partial charge in [0.15, 0.2) is 0 Å². The van der Waals surface area contributed by atoms with E-state index in [1.165, 1.54) is 11.1 Å². The van der Waals surface area contributed by atoms with Crippen molar-refractivity contribution >= 4 is 0 Å². The summed E-state index contributed by atoms with van der Waals surface area (Å²) in [6, 6.07) is 21.3. The Balaban J connectivity index is 0.00000220. The molecule has 0 aliphatic carbocycles. The van der Waals surface area contributed by atoms with Crippen LogP contribution in [0.25, 0.3) is 0 Å². The maximum Gasteiger partial charge on any atom is 2.00 e. The van der Waals surface area contributed by atoms with Gasteiger partial charge in [-0.2, -0.15) is 0 Å². The summed E-state index contributed by atoms with van der Waals surface area (Å²) in [5, 5.41) is 0. The molecule has 0 saturated carbocycles. The minimum Gasteiger partial charge on any atom is -0.301 e. The Labute approximate surface area is 139 Å². The molecule has 21 heavy (non-hydrogen) atoms. The first kappa shape index (κ1) is 17.9. The molecule has 1 radical (unpaired) electrons. The van der Waals surface area contributed by atoms with E-state index in [0.29, 0.717) is 0 Å². The van der Waals surface area contributed by atoms with E-state index in [4.69, 9.17) is 0 Å². The van der Waals surface area contributed by atoms with Crippen molar-refractivity contribution < 1.29 is 17.1 Å². The topological polar surface area (TPSA) is 6.48 Å². The second-order valence-electron chi connectivity index (χ2n) is 5.45. The first-order valence-electron chi connectivity index (χ1n) is 7.19. The van der Waals surface area contributed by atoms with Crippen LogP contribution < -0.4 is 0 Å². The predicted octanol–water partition coefficient (Wildman–Crippen LogP) is 3.25. The van der Waals surface area contributed by atoms with Crippen LogP contribution in [-0.2, 0) is 30.2 Å². The van der Waals surface area contributed by atoms with Crippen LogP contribution in [0.4, 0.5) is 0 Å². The van der Waals surface area contributed by atoms with Crippen molar-refractivity contribution in [1.29, 1.82) is 0 Å². The number of benzene rings is 2. The molecule has 0 aromatic heterocycles. The number of nitrogens with zero attached hydrogens (tertiary/aromatic N) is 2. The number of rotatable bonds is 7. The predicted molar refractivity (Wildman–Crippen MR) is 85.6 cm³/mol. The summed E-state index contributed by atoms with van der Waals surface area (Å²) in [5.41, 5.74) is 2.75. The molecule has 0 unspecified atom stereocenters. The van der Waals surface area contributed by atoms with Gasteiger partial charge in [-0.25, -0.2) is 0 Å². The van der Waals surface area contributed by atoms with Gasteiger partial charge in [-0.3, -0.25) is 0 Å². The van der Waals surface area contributed by atoms with E-state index in [9.17, 15) is 0 Å². The van der Waals surface area contributed by atoms with E-state index in [-0.39, 0.29) is 17.1 Å². The minimum atomic E-state index is 0. The van der Waals surface area contributed by atoms with Gasteiger partial charge in [0.2, 0.25) is 0 Å². The minimum absolute atomic E-state index is 0. The van der Waals surface area contributed by atoms with Crippen LogP contribution >= 0.6 is 0 Å². The fourth-order valence-electron chi connectivity index (χ4n) is 2.29.